The summed E-state index contributed by atoms with van der Waals surface area (Å²) in [7, 11) is 3.95. The molecule has 26 heavy (non-hydrogen) atoms. The van der Waals surface area contributed by atoms with Gasteiger partial charge in [0.25, 0.3) is 5.91 Å². The number of benzene rings is 1. The maximum Gasteiger partial charge on any atom is 0.257 e. The second kappa shape index (κ2) is 6.40. The zero-order valence-electron chi connectivity index (χ0n) is 14.5. The molecule has 0 fully saturated rings. The third-order valence-electron chi connectivity index (χ3n) is 4.27. The van der Waals surface area contributed by atoms with Gasteiger partial charge in [-0.3, -0.25) is 4.79 Å². The van der Waals surface area contributed by atoms with E-state index in [0.717, 1.165) is 33.5 Å². The summed E-state index contributed by atoms with van der Waals surface area (Å²) in [6.07, 6.45) is 6.73. The highest BCUT2D eigenvalue weighted by atomic mass is 16.3. The molecule has 0 atom stereocenters. The van der Waals surface area contributed by atoms with Crippen molar-refractivity contribution in [2.24, 2.45) is 0 Å². The molecule has 6 nitrogen and oxygen atoms in total. The quantitative estimate of drug-likeness (QED) is 0.582. The number of carbonyl (C=O) groups is 1. The predicted octanol–water partition coefficient (Wildman–Crippen LogP) is 4.14. The molecule has 0 bridgehead atoms. The highest BCUT2D eigenvalue weighted by Crippen LogP contribution is 2.28. The predicted molar refractivity (Wildman–Crippen MR) is 103 cm³/mol. The lowest BCUT2D eigenvalue weighted by Gasteiger charge is -2.13. The SMILES string of the molecule is CN(C)c1ccc(NC(=O)c2cnc3[nH]cc(-c4ccoc4)c3c2)cc1. The Bertz CT molecular complexity index is 1050. The minimum atomic E-state index is -0.198. The van der Waals surface area contributed by atoms with Crippen LogP contribution in [0.4, 0.5) is 11.4 Å². The standard InChI is InChI=1S/C20H18N4O2/c1-24(2)16-5-3-15(4-6-16)23-20(25)14-9-17-18(13-7-8-26-12-13)11-22-19(17)21-10-14/h3-12H,1-2H3,(H,21,22)(H,23,25). The van der Waals surface area contributed by atoms with Crippen LogP contribution in [0, 0.1) is 0 Å². The number of pyridine rings is 1. The molecule has 0 radical (unpaired) electrons. The molecule has 0 saturated heterocycles. The maximum absolute atomic E-state index is 12.6. The monoisotopic (exact) mass is 346 g/mol. The summed E-state index contributed by atoms with van der Waals surface area (Å²) < 4.78 is 5.15. The fourth-order valence-corrected chi connectivity index (χ4v) is 2.83. The van der Waals surface area contributed by atoms with E-state index in [0.29, 0.717) is 5.56 Å². The van der Waals surface area contributed by atoms with E-state index in [-0.39, 0.29) is 5.91 Å². The van der Waals surface area contributed by atoms with Gasteiger partial charge in [-0.1, -0.05) is 0 Å². The van der Waals surface area contributed by atoms with Crippen LogP contribution in [0.15, 0.2) is 65.7 Å². The Balaban J connectivity index is 1.61. The molecule has 1 amide bonds. The fraction of sp³-hybridized carbons (Fsp3) is 0.100. The Kier molecular flexibility index (Phi) is 3.93. The van der Waals surface area contributed by atoms with Gasteiger partial charge in [0, 0.05) is 54.4 Å². The average molecular weight is 346 g/mol. The average Bonchev–Trinajstić information content (AvgIpc) is 3.30. The van der Waals surface area contributed by atoms with Crippen LogP contribution in [-0.2, 0) is 0 Å². The summed E-state index contributed by atoms with van der Waals surface area (Å²) in [4.78, 5) is 22.1. The van der Waals surface area contributed by atoms with Gasteiger partial charge in [-0.2, -0.15) is 0 Å². The summed E-state index contributed by atoms with van der Waals surface area (Å²) >= 11 is 0. The Morgan fingerprint density at radius 1 is 1.19 bits per heavy atom. The van der Waals surface area contributed by atoms with Crippen LogP contribution in [0.25, 0.3) is 22.2 Å². The Morgan fingerprint density at radius 3 is 2.69 bits per heavy atom. The van der Waals surface area contributed by atoms with Crippen molar-refractivity contribution in [3.63, 3.8) is 0 Å². The van der Waals surface area contributed by atoms with Gasteiger partial charge >= 0.3 is 0 Å². The molecule has 0 aliphatic heterocycles. The number of amides is 1. The first-order valence-corrected chi connectivity index (χ1v) is 8.20. The zero-order chi connectivity index (χ0) is 18.1. The highest BCUT2D eigenvalue weighted by Gasteiger charge is 2.13. The number of aromatic amines is 1. The van der Waals surface area contributed by atoms with E-state index in [1.807, 2.05) is 61.6 Å². The molecule has 4 aromatic rings. The van der Waals surface area contributed by atoms with E-state index in [4.69, 9.17) is 4.42 Å². The van der Waals surface area contributed by atoms with E-state index in [1.54, 1.807) is 18.7 Å². The van der Waals surface area contributed by atoms with Crippen LogP contribution in [0.3, 0.4) is 0 Å². The molecule has 3 aromatic heterocycles. The van der Waals surface area contributed by atoms with Crippen LogP contribution in [-0.4, -0.2) is 30.0 Å². The number of carbonyl (C=O) groups excluding carboxylic acids is 1. The Labute approximate surface area is 150 Å². The Morgan fingerprint density at radius 2 is 2.00 bits per heavy atom. The number of anilines is 2. The molecular formula is C20H18N4O2. The van der Waals surface area contributed by atoms with Gasteiger partial charge in [0.2, 0.25) is 0 Å². The van der Waals surface area contributed by atoms with E-state index in [1.165, 1.54) is 0 Å². The summed E-state index contributed by atoms with van der Waals surface area (Å²) in [5.74, 6) is -0.198. The Hall–Kier alpha value is -3.54. The zero-order valence-corrected chi connectivity index (χ0v) is 14.5. The summed E-state index contributed by atoms with van der Waals surface area (Å²) in [5, 5.41) is 3.79. The van der Waals surface area contributed by atoms with Crippen LogP contribution in [0.2, 0.25) is 0 Å². The molecular weight excluding hydrogens is 328 g/mol. The number of fused-ring (bicyclic) bond motifs is 1. The van der Waals surface area contributed by atoms with Crippen molar-refractivity contribution in [3.05, 3.63) is 66.9 Å². The third-order valence-corrected chi connectivity index (χ3v) is 4.27. The lowest BCUT2D eigenvalue weighted by Crippen LogP contribution is -2.13. The van der Waals surface area contributed by atoms with Crippen molar-refractivity contribution in [1.82, 2.24) is 9.97 Å². The van der Waals surface area contributed by atoms with Gasteiger partial charge in [0.05, 0.1) is 18.1 Å². The van der Waals surface area contributed by atoms with Crippen molar-refractivity contribution in [1.29, 1.82) is 0 Å². The van der Waals surface area contributed by atoms with Gasteiger partial charge in [0.1, 0.15) is 5.65 Å². The number of hydrogen-bond donors (Lipinski definition) is 2. The van der Waals surface area contributed by atoms with Crippen LogP contribution in [0.5, 0.6) is 0 Å². The molecule has 0 unspecified atom stereocenters. The molecule has 6 heteroatoms. The van der Waals surface area contributed by atoms with Gasteiger partial charge in [0.15, 0.2) is 0 Å². The van der Waals surface area contributed by atoms with Gasteiger partial charge < -0.3 is 19.6 Å². The van der Waals surface area contributed by atoms with Gasteiger partial charge in [-0.15, -0.1) is 0 Å². The molecule has 0 aliphatic carbocycles. The van der Waals surface area contributed by atoms with E-state index in [2.05, 4.69) is 15.3 Å². The molecule has 130 valence electrons. The normalized spacial score (nSPS) is 10.8. The van der Waals surface area contributed by atoms with E-state index in [9.17, 15) is 4.79 Å². The van der Waals surface area contributed by atoms with Crippen LogP contribution < -0.4 is 10.2 Å². The number of nitrogens with zero attached hydrogens (tertiary/aromatic N) is 2. The lowest BCUT2D eigenvalue weighted by atomic mass is 10.1. The minimum Gasteiger partial charge on any atom is -0.472 e. The summed E-state index contributed by atoms with van der Waals surface area (Å²) in [6, 6.07) is 11.4. The van der Waals surface area contributed by atoms with Crippen molar-refractivity contribution in [2.45, 2.75) is 0 Å². The molecule has 0 spiro atoms. The summed E-state index contributed by atoms with van der Waals surface area (Å²) in [5.41, 5.74) is 4.93. The van der Waals surface area contributed by atoms with Crippen molar-refractivity contribution >= 4 is 28.3 Å². The van der Waals surface area contributed by atoms with Gasteiger partial charge in [-0.25, -0.2) is 4.98 Å². The first kappa shape index (κ1) is 16.0. The second-order valence-electron chi connectivity index (χ2n) is 6.23. The van der Waals surface area contributed by atoms with Crippen LogP contribution in [0.1, 0.15) is 10.4 Å². The smallest absolute Gasteiger partial charge is 0.257 e. The van der Waals surface area contributed by atoms with Crippen molar-refractivity contribution in [2.75, 3.05) is 24.3 Å². The van der Waals surface area contributed by atoms with Gasteiger partial charge in [-0.05, 0) is 36.4 Å². The number of hydrogen-bond acceptors (Lipinski definition) is 4. The number of aromatic nitrogens is 2. The van der Waals surface area contributed by atoms with Crippen molar-refractivity contribution in [3.8, 4) is 11.1 Å². The number of H-pyrrole nitrogens is 1. The molecule has 1 aromatic carbocycles. The number of furan rings is 1. The molecule has 2 N–H and O–H groups in total. The number of nitrogens with one attached hydrogen (secondary N) is 2. The fourth-order valence-electron chi connectivity index (χ4n) is 2.83. The molecule has 0 aliphatic rings. The molecule has 3 heterocycles. The minimum absolute atomic E-state index is 0.198. The summed E-state index contributed by atoms with van der Waals surface area (Å²) in [6.45, 7) is 0. The highest BCUT2D eigenvalue weighted by molar-refractivity contribution is 6.07. The topological polar surface area (TPSA) is 74.2 Å². The largest absolute Gasteiger partial charge is 0.472 e. The lowest BCUT2D eigenvalue weighted by molar-refractivity contribution is 0.102. The van der Waals surface area contributed by atoms with E-state index < -0.39 is 0 Å². The molecule has 4 rings (SSSR count). The van der Waals surface area contributed by atoms with E-state index >= 15 is 0 Å². The molecule has 0 saturated carbocycles. The maximum atomic E-state index is 12.6. The first-order valence-electron chi connectivity index (χ1n) is 8.20. The van der Waals surface area contributed by atoms with Crippen LogP contribution >= 0.6 is 0 Å². The third kappa shape index (κ3) is 2.93. The first-order chi connectivity index (χ1) is 12.6. The van der Waals surface area contributed by atoms with Crippen molar-refractivity contribution < 1.29 is 9.21 Å². The number of rotatable bonds is 4. The second-order valence-corrected chi connectivity index (χ2v) is 6.23.